The monoisotopic (exact) mass is 260 g/mol. The molecule has 0 aromatic heterocycles. The molecule has 1 fully saturated rings. The third-order valence-corrected chi connectivity index (χ3v) is 4.28. The molecule has 1 aliphatic rings. The number of hydrogen-bond donors (Lipinski definition) is 1. The fourth-order valence-electron chi connectivity index (χ4n) is 3.02. The molecule has 0 spiro atoms. The van der Waals surface area contributed by atoms with Crippen molar-refractivity contribution in [2.45, 2.75) is 32.1 Å². The first-order valence-electron chi connectivity index (χ1n) is 7.53. The second-order valence-corrected chi connectivity index (χ2v) is 6.65. The minimum atomic E-state index is 0.210. The Morgan fingerprint density at radius 1 is 1.26 bits per heavy atom. The maximum Gasteiger partial charge on any atom is 0.00433 e. The van der Waals surface area contributed by atoms with Gasteiger partial charge in [0.15, 0.2) is 0 Å². The van der Waals surface area contributed by atoms with Crippen LogP contribution in [0.5, 0.6) is 0 Å². The van der Waals surface area contributed by atoms with Gasteiger partial charge in [0.2, 0.25) is 0 Å². The summed E-state index contributed by atoms with van der Waals surface area (Å²) in [5.74, 6) is 0.824. The molecule has 1 aliphatic heterocycles. The third-order valence-electron chi connectivity index (χ3n) is 4.28. The summed E-state index contributed by atoms with van der Waals surface area (Å²) in [6, 6.07) is 10.8. The summed E-state index contributed by atoms with van der Waals surface area (Å²) in [6.07, 6.45) is 2.73. The van der Waals surface area contributed by atoms with Crippen LogP contribution in [-0.4, -0.2) is 38.1 Å². The summed E-state index contributed by atoms with van der Waals surface area (Å²) in [6.45, 7) is 9.37. The molecule has 0 saturated carbocycles. The van der Waals surface area contributed by atoms with Gasteiger partial charge in [0.05, 0.1) is 0 Å². The van der Waals surface area contributed by atoms with Gasteiger partial charge in [-0.15, -0.1) is 0 Å². The van der Waals surface area contributed by atoms with Gasteiger partial charge >= 0.3 is 0 Å². The maximum absolute atomic E-state index is 3.69. The lowest BCUT2D eigenvalue weighted by Crippen LogP contribution is -2.40. The Labute approximate surface area is 118 Å². The zero-order chi connectivity index (χ0) is 13.7. The van der Waals surface area contributed by atoms with Gasteiger partial charge in [-0.2, -0.15) is 0 Å². The summed E-state index contributed by atoms with van der Waals surface area (Å²) in [5, 5.41) is 3.69. The van der Waals surface area contributed by atoms with Crippen molar-refractivity contribution in [2.75, 3.05) is 33.2 Å². The van der Waals surface area contributed by atoms with Crippen LogP contribution in [0.25, 0.3) is 0 Å². The smallest absolute Gasteiger partial charge is 0.00433 e. The van der Waals surface area contributed by atoms with E-state index in [-0.39, 0.29) is 5.41 Å². The van der Waals surface area contributed by atoms with E-state index in [0.29, 0.717) is 0 Å². The third kappa shape index (κ3) is 4.32. The fourth-order valence-corrected chi connectivity index (χ4v) is 3.02. The Kier molecular flexibility index (Phi) is 5.00. The maximum atomic E-state index is 3.69. The Hall–Kier alpha value is -0.860. The average molecular weight is 260 g/mol. The van der Waals surface area contributed by atoms with Crippen LogP contribution in [-0.2, 0) is 5.41 Å². The molecule has 0 aliphatic carbocycles. The van der Waals surface area contributed by atoms with Crippen molar-refractivity contribution in [1.82, 2.24) is 10.2 Å². The lowest BCUT2D eigenvalue weighted by Gasteiger charge is -2.31. The summed E-state index contributed by atoms with van der Waals surface area (Å²) in [4.78, 5) is 2.46. The first kappa shape index (κ1) is 14.5. The Bertz CT molecular complexity index is 372. The number of piperidine rings is 1. The minimum Gasteiger partial charge on any atom is -0.316 e. The second kappa shape index (κ2) is 6.53. The molecule has 1 aromatic rings. The van der Waals surface area contributed by atoms with Crippen LogP contribution in [0.2, 0.25) is 0 Å². The molecule has 2 heteroatoms. The number of nitrogens with one attached hydrogen (secondary N) is 1. The molecule has 0 radical (unpaired) electrons. The number of likely N-dealkylation sites (tertiary alicyclic amines) is 1. The van der Waals surface area contributed by atoms with Crippen molar-refractivity contribution in [3.05, 3.63) is 35.9 Å². The first-order chi connectivity index (χ1) is 9.08. The molecule has 1 saturated heterocycles. The molecular weight excluding hydrogens is 232 g/mol. The predicted molar refractivity (Wildman–Crippen MR) is 82.6 cm³/mol. The molecule has 0 amide bonds. The lowest BCUT2D eigenvalue weighted by atomic mass is 9.84. The SMILES string of the molecule is CN1CCCC(CNCC(C)(C)c2ccccc2)C1. The van der Waals surface area contributed by atoms with Gasteiger partial charge < -0.3 is 10.2 Å². The van der Waals surface area contributed by atoms with Crippen LogP contribution in [0.1, 0.15) is 32.3 Å². The molecule has 1 aromatic carbocycles. The van der Waals surface area contributed by atoms with Gasteiger partial charge in [0.25, 0.3) is 0 Å². The molecule has 1 atom stereocenters. The van der Waals surface area contributed by atoms with E-state index in [0.717, 1.165) is 19.0 Å². The minimum absolute atomic E-state index is 0.210. The van der Waals surface area contributed by atoms with Crippen LogP contribution in [0.15, 0.2) is 30.3 Å². The fraction of sp³-hybridized carbons (Fsp3) is 0.647. The highest BCUT2D eigenvalue weighted by Gasteiger charge is 2.21. The van der Waals surface area contributed by atoms with Gasteiger partial charge in [-0.05, 0) is 44.5 Å². The standard InChI is InChI=1S/C17H28N2/c1-17(2,16-9-5-4-6-10-16)14-18-12-15-8-7-11-19(3)13-15/h4-6,9-10,15,18H,7-8,11-14H2,1-3H3. The van der Waals surface area contributed by atoms with E-state index in [1.807, 2.05) is 0 Å². The number of benzene rings is 1. The molecule has 1 heterocycles. The van der Waals surface area contributed by atoms with E-state index in [1.165, 1.54) is 31.5 Å². The average Bonchev–Trinajstić information content (AvgIpc) is 2.40. The number of hydrogen-bond acceptors (Lipinski definition) is 2. The highest BCUT2D eigenvalue weighted by molar-refractivity contribution is 5.23. The van der Waals surface area contributed by atoms with Crippen molar-refractivity contribution < 1.29 is 0 Å². The Morgan fingerprint density at radius 3 is 2.68 bits per heavy atom. The Morgan fingerprint density at radius 2 is 2.00 bits per heavy atom. The molecule has 0 bridgehead atoms. The molecular formula is C17H28N2. The van der Waals surface area contributed by atoms with Crippen molar-refractivity contribution in [2.24, 2.45) is 5.92 Å². The largest absolute Gasteiger partial charge is 0.316 e. The van der Waals surface area contributed by atoms with E-state index < -0.39 is 0 Å². The van der Waals surface area contributed by atoms with Crippen molar-refractivity contribution in [1.29, 1.82) is 0 Å². The van der Waals surface area contributed by atoms with E-state index in [4.69, 9.17) is 0 Å². The van der Waals surface area contributed by atoms with Crippen LogP contribution in [0.4, 0.5) is 0 Å². The van der Waals surface area contributed by atoms with E-state index >= 15 is 0 Å². The quantitative estimate of drug-likeness (QED) is 0.876. The lowest BCUT2D eigenvalue weighted by molar-refractivity contribution is 0.204. The van der Waals surface area contributed by atoms with E-state index in [1.54, 1.807) is 0 Å². The number of nitrogens with zero attached hydrogens (tertiary/aromatic N) is 1. The van der Waals surface area contributed by atoms with Crippen LogP contribution >= 0.6 is 0 Å². The zero-order valence-corrected chi connectivity index (χ0v) is 12.7. The topological polar surface area (TPSA) is 15.3 Å². The van der Waals surface area contributed by atoms with Gasteiger partial charge in [-0.1, -0.05) is 44.2 Å². The van der Waals surface area contributed by atoms with Gasteiger partial charge in [-0.3, -0.25) is 0 Å². The summed E-state index contributed by atoms with van der Waals surface area (Å²) < 4.78 is 0. The molecule has 1 N–H and O–H groups in total. The first-order valence-corrected chi connectivity index (χ1v) is 7.53. The molecule has 106 valence electrons. The van der Waals surface area contributed by atoms with Gasteiger partial charge in [-0.25, -0.2) is 0 Å². The molecule has 1 unspecified atom stereocenters. The van der Waals surface area contributed by atoms with Crippen molar-refractivity contribution >= 4 is 0 Å². The summed E-state index contributed by atoms with van der Waals surface area (Å²) in [5.41, 5.74) is 1.63. The molecule has 19 heavy (non-hydrogen) atoms. The highest BCUT2D eigenvalue weighted by atomic mass is 15.1. The summed E-state index contributed by atoms with van der Waals surface area (Å²) >= 11 is 0. The Balaban J connectivity index is 1.78. The van der Waals surface area contributed by atoms with E-state index in [9.17, 15) is 0 Å². The summed E-state index contributed by atoms with van der Waals surface area (Å²) in [7, 11) is 2.24. The van der Waals surface area contributed by atoms with Crippen molar-refractivity contribution in [3.8, 4) is 0 Å². The normalized spacial score (nSPS) is 21.5. The second-order valence-electron chi connectivity index (χ2n) is 6.65. The number of rotatable bonds is 5. The van der Waals surface area contributed by atoms with Crippen LogP contribution < -0.4 is 5.32 Å². The molecule has 2 rings (SSSR count). The predicted octanol–water partition coefficient (Wildman–Crippen LogP) is 2.90. The van der Waals surface area contributed by atoms with Crippen molar-refractivity contribution in [3.63, 3.8) is 0 Å². The van der Waals surface area contributed by atoms with Gasteiger partial charge in [0.1, 0.15) is 0 Å². The molecule has 2 nitrogen and oxygen atoms in total. The zero-order valence-electron chi connectivity index (χ0n) is 12.7. The van der Waals surface area contributed by atoms with Gasteiger partial charge in [0, 0.05) is 18.5 Å². The van der Waals surface area contributed by atoms with E-state index in [2.05, 4.69) is 61.4 Å². The van der Waals surface area contributed by atoms with Crippen LogP contribution in [0.3, 0.4) is 0 Å². The van der Waals surface area contributed by atoms with Crippen LogP contribution in [0, 0.1) is 5.92 Å². The highest BCUT2D eigenvalue weighted by Crippen LogP contribution is 2.22.